The molecular formula is C40H21N5. The summed E-state index contributed by atoms with van der Waals surface area (Å²) in [6, 6.07) is 47.5. The van der Waals surface area contributed by atoms with E-state index in [1.54, 1.807) is 36.4 Å². The summed E-state index contributed by atoms with van der Waals surface area (Å²) in [5.74, 6) is 0. The molecule has 0 bridgehead atoms. The minimum atomic E-state index is 0.389. The molecule has 1 heterocycles. The van der Waals surface area contributed by atoms with Crippen molar-refractivity contribution in [1.29, 1.82) is 15.8 Å². The van der Waals surface area contributed by atoms with E-state index in [-0.39, 0.29) is 0 Å². The first-order chi connectivity index (χ1) is 22.2. The van der Waals surface area contributed by atoms with E-state index in [0.29, 0.717) is 33.5 Å². The highest BCUT2D eigenvalue weighted by Gasteiger charge is 2.23. The lowest BCUT2D eigenvalue weighted by Gasteiger charge is -2.16. The average Bonchev–Trinajstić information content (AvgIpc) is 3.46. The molecule has 6 aromatic carbocycles. The first-order valence-corrected chi connectivity index (χ1v) is 14.2. The molecule has 0 amide bonds. The van der Waals surface area contributed by atoms with Crippen LogP contribution >= 0.6 is 0 Å². The molecule has 45 heavy (non-hydrogen) atoms. The van der Waals surface area contributed by atoms with E-state index < -0.39 is 0 Å². The highest BCUT2D eigenvalue weighted by atomic mass is 15.0. The quantitative estimate of drug-likeness (QED) is 0.197. The van der Waals surface area contributed by atoms with Crippen molar-refractivity contribution in [2.24, 2.45) is 0 Å². The van der Waals surface area contributed by atoms with Crippen LogP contribution < -0.4 is 0 Å². The molecule has 0 aliphatic rings. The van der Waals surface area contributed by atoms with Crippen LogP contribution in [0.25, 0.3) is 65.7 Å². The van der Waals surface area contributed by atoms with E-state index in [9.17, 15) is 15.8 Å². The second kappa shape index (κ2) is 11.1. The Morgan fingerprint density at radius 1 is 0.489 bits per heavy atom. The summed E-state index contributed by atoms with van der Waals surface area (Å²) in [6.45, 7) is 7.93. The largest absolute Gasteiger partial charge is 0.308 e. The van der Waals surface area contributed by atoms with Gasteiger partial charge in [0.25, 0.3) is 0 Å². The molecule has 1 aromatic heterocycles. The molecule has 0 spiro atoms. The van der Waals surface area contributed by atoms with Crippen molar-refractivity contribution in [2.45, 2.75) is 0 Å². The fourth-order valence-corrected chi connectivity index (χ4v) is 6.25. The average molecular weight is 572 g/mol. The van der Waals surface area contributed by atoms with E-state index >= 15 is 0 Å². The molecule has 0 saturated carbocycles. The maximum atomic E-state index is 10.1. The summed E-state index contributed by atoms with van der Waals surface area (Å²) >= 11 is 0. The molecule has 0 atom stereocenters. The molecule has 0 saturated heterocycles. The van der Waals surface area contributed by atoms with Crippen molar-refractivity contribution in [3.63, 3.8) is 0 Å². The van der Waals surface area contributed by atoms with Gasteiger partial charge in [-0.15, -0.1) is 0 Å². The van der Waals surface area contributed by atoms with Crippen LogP contribution in [0.1, 0.15) is 16.7 Å². The van der Waals surface area contributed by atoms with Gasteiger partial charge in [0.2, 0.25) is 0 Å². The molecule has 0 fully saturated rings. The van der Waals surface area contributed by atoms with Gasteiger partial charge in [0, 0.05) is 38.7 Å². The first kappa shape index (κ1) is 26.9. The number of rotatable bonds is 4. The zero-order valence-electron chi connectivity index (χ0n) is 23.9. The third-order valence-corrected chi connectivity index (χ3v) is 8.17. The number of para-hydroxylation sites is 2. The van der Waals surface area contributed by atoms with Gasteiger partial charge in [-0.3, -0.25) is 0 Å². The summed E-state index contributed by atoms with van der Waals surface area (Å²) in [5.41, 5.74) is 8.92. The molecule has 7 aromatic rings. The van der Waals surface area contributed by atoms with Gasteiger partial charge in [-0.05, 0) is 47.0 Å². The Morgan fingerprint density at radius 3 is 1.53 bits per heavy atom. The van der Waals surface area contributed by atoms with Gasteiger partial charge in [-0.2, -0.15) is 15.8 Å². The van der Waals surface area contributed by atoms with Crippen LogP contribution in [0.2, 0.25) is 0 Å². The minimum absolute atomic E-state index is 0.389. The van der Waals surface area contributed by atoms with Crippen LogP contribution in [0.3, 0.4) is 0 Å². The third-order valence-electron chi connectivity index (χ3n) is 8.17. The highest BCUT2D eigenvalue weighted by Crippen LogP contribution is 2.45. The zero-order valence-corrected chi connectivity index (χ0v) is 23.9. The van der Waals surface area contributed by atoms with Crippen LogP contribution in [0.15, 0.2) is 127 Å². The van der Waals surface area contributed by atoms with Crippen LogP contribution in [0.4, 0.5) is 5.69 Å². The van der Waals surface area contributed by atoms with Crippen molar-refractivity contribution >= 4 is 27.5 Å². The Bertz CT molecular complexity index is 2260. The summed E-state index contributed by atoms with van der Waals surface area (Å²) in [6.07, 6.45) is 0. The second-order valence-electron chi connectivity index (χ2n) is 10.5. The Kier molecular flexibility index (Phi) is 6.62. The number of aromatic nitrogens is 1. The fraction of sp³-hybridized carbons (Fsp3) is 0. The molecule has 5 nitrogen and oxygen atoms in total. The van der Waals surface area contributed by atoms with E-state index in [2.05, 4.69) is 64.0 Å². The predicted octanol–water partition coefficient (Wildman–Crippen LogP) is 9.95. The molecule has 0 aliphatic carbocycles. The summed E-state index contributed by atoms with van der Waals surface area (Å²) in [4.78, 5) is 3.79. The predicted molar refractivity (Wildman–Crippen MR) is 177 cm³/mol. The van der Waals surface area contributed by atoms with Gasteiger partial charge in [0.15, 0.2) is 5.69 Å². The van der Waals surface area contributed by atoms with Gasteiger partial charge in [-0.25, -0.2) is 4.85 Å². The fourth-order valence-electron chi connectivity index (χ4n) is 6.25. The summed E-state index contributed by atoms with van der Waals surface area (Å²) < 4.78 is 2.14. The van der Waals surface area contributed by atoms with E-state index in [1.165, 1.54) is 0 Å². The number of benzene rings is 6. The zero-order chi connectivity index (χ0) is 30.9. The number of nitriles is 3. The smallest absolute Gasteiger partial charge is 0.196 e. The SMILES string of the molecule is [C-]#[N+]c1cccc(C#N)c1-c1cccc2c3cccc(-c4c(C#N)cccc4C#N)c3n(-c3ccc(-c4ccccc4)cc3)c12. The second-order valence-corrected chi connectivity index (χ2v) is 10.5. The number of nitrogens with zero attached hydrogens (tertiary/aromatic N) is 5. The monoisotopic (exact) mass is 571 g/mol. The third kappa shape index (κ3) is 4.29. The van der Waals surface area contributed by atoms with Crippen LogP contribution in [-0.2, 0) is 0 Å². The van der Waals surface area contributed by atoms with E-state index in [4.69, 9.17) is 6.57 Å². The van der Waals surface area contributed by atoms with Crippen molar-refractivity contribution in [2.75, 3.05) is 0 Å². The Labute approximate surface area is 260 Å². The Hall–Kier alpha value is -6.92. The summed E-state index contributed by atoms with van der Waals surface area (Å²) in [5, 5.41) is 32.2. The maximum absolute atomic E-state index is 10.1. The van der Waals surface area contributed by atoms with Crippen molar-refractivity contribution < 1.29 is 0 Å². The van der Waals surface area contributed by atoms with Gasteiger partial charge in [-0.1, -0.05) is 97.1 Å². The molecule has 0 aliphatic heterocycles. The number of hydrogen-bond donors (Lipinski definition) is 0. The molecular weight excluding hydrogens is 550 g/mol. The molecule has 7 rings (SSSR count). The minimum Gasteiger partial charge on any atom is -0.308 e. The molecule has 0 radical (unpaired) electrons. The Balaban J connectivity index is 1.66. The van der Waals surface area contributed by atoms with Gasteiger partial charge in [0.1, 0.15) is 0 Å². The van der Waals surface area contributed by atoms with Crippen molar-refractivity contribution in [1.82, 2.24) is 4.57 Å². The van der Waals surface area contributed by atoms with E-state index in [0.717, 1.165) is 49.7 Å². The lowest BCUT2D eigenvalue weighted by molar-refractivity contribution is 1.18. The standard InChI is InChI=1S/C40H21N5/c1-44-36-18-6-13-30(25-43)38(36)35-17-8-15-33-32-14-7-16-34(37-28(23-41)11-5-12-29(37)24-42)39(32)45(40(33)35)31-21-19-27(20-22-31)26-9-3-2-4-10-26/h2-22H. The summed E-state index contributed by atoms with van der Waals surface area (Å²) in [7, 11) is 0. The van der Waals surface area contributed by atoms with Crippen molar-refractivity contribution in [3.8, 4) is 57.3 Å². The first-order valence-electron chi connectivity index (χ1n) is 14.2. The maximum Gasteiger partial charge on any atom is 0.196 e. The molecule has 5 heteroatoms. The normalized spacial score (nSPS) is 10.6. The number of hydrogen-bond acceptors (Lipinski definition) is 3. The van der Waals surface area contributed by atoms with Gasteiger partial charge in [0.05, 0.1) is 46.9 Å². The van der Waals surface area contributed by atoms with Gasteiger partial charge >= 0.3 is 0 Å². The Morgan fingerprint density at radius 2 is 0.978 bits per heavy atom. The van der Waals surface area contributed by atoms with E-state index in [1.807, 2.05) is 54.6 Å². The number of fused-ring (bicyclic) bond motifs is 3. The highest BCUT2D eigenvalue weighted by molar-refractivity contribution is 6.18. The lowest BCUT2D eigenvalue weighted by atomic mass is 9.93. The lowest BCUT2D eigenvalue weighted by Crippen LogP contribution is -1.99. The van der Waals surface area contributed by atoms with Crippen molar-refractivity contribution in [3.05, 3.63) is 156 Å². The van der Waals surface area contributed by atoms with Crippen LogP contribution in [-0.4, -0.2) is 4.57 Å². The van der Waals surface area contributed by atoms with Crippen LogP contribution in [0.5, 0.6) is 0 Å². The molecule has 0 N–H and O–H groups in total. The van der Waals surface area contributed by atoms with Gasteiger partial charge < -0.3 is 4.57 Å². The topological polar surface area (TPSA) is 80.7 Å². The molecule has 0 unspecified atom stereocenters. The molecule has 206 valence electrons. The van der Waals surface area contributed by atoms with Crippen LogP contribution in [0, 0.1) is 40.6 Å².